The number of carbonyl (C=O) groups is 4. The molecule has 2 aromatic carbocycles. The van der Waals surface area contributed by atoms with Gasteiger partial charge < -0.3 is 92.5 Å². The van der Waals surface area contributed by atoms with E-state index in [0.29, 0.717) is 23.7 Å². The first-order chi connectivity index (χ1) is 35.9. The van der Waals surface area contributed by atoms with Crippen molar-refractivity contribution in [2.45, 2.75) is 113 Å². The van der Waals surface area contributed by atoms with Crippen molar-refractivity contribution in [3.05, 3.63) is 47.2 Å². The Morgan fingerprint density at radius 1 is 0.827 bits per heavy atom. The Labute approximate surface area is 432 Å². The zero-order valence-electron chi connectivity index (χ0n) is 43.4. The van der Waals surface area contributed by atoms with Gasteiger partial charge in [-0.05, 0) is 60.9 Å². The average Bonchev–Trinajstić information content (AvgIpc) is 3.93. The summed E-state index contributed by atoms with van der Waals surface area (Å²) < 4.78 is 65.8. The second-order valence-corrected chi connectivity index (χ2v) is 19.4. The van der Waals surface area contributed by atoms with Crippen LogP contribution in [0, 0.1) is 23.7 Å². The second-order valence-electron chi connectivity index (χ2n) is 19.4. The maximum atomic E-state index is 13.5. The molecular weight excluding hydrogens is 993 g/mol. The van der Waals surface area contributed by atoms with E-state index in [9.17, 15) is 49.8 Å². The molecule has 0 bridgehead atoms. The van der Waals surface area contributed by atoms with Crippen molar-refractivity contribution < 1.29 is 107 Å². The number of nitrogens with one attached hydrogen (secondary N) is 1. The molecule has 5 aliphatic rings. The monoisotopic (exact) mass is 1060 g/mol. The van der Waals surface area contributed by atoms with Gasteiger partial charge in [0.1, 0.15) is 55.1 Å². The zero-order valence-corrected chi connectivity index (χ0v) is 43.4. The van der Waals surface area contributed by atoms with Crippen LogP contribution in [0.5, 0.6) is 23.0 Å². The van der Waals surface area contributed by atoms with Gasteiger partial charge in [0.25, 0.3) is 0 Å². The van der Waals surface area contributed by atoms with Gasteiger partial charge in [-0.15, -0.1) is 0 Å². The molecular formula is C51H70N2O22. The van der Waals surface area contributed by atoms with E-state index in [2.05, 4.69) is 16.0 Å². The van der Waals surface area contributed by atoms with E-state index in [1.807, 2.05) is 12.1 Å². The van der Waals surface area contributed by atoms with Crippen LogP contribution in [0.1, 0.15) is 61.3 Å². The number of H-pyrrole nitrogens is 1. The lowest BCUT2D eigenvalue weighted by molar-refractivity contribution is -0.384. The number of aromatic nitrogens is 1. The number of aliphatic hydroxyl groups excluding tert-OH is 6. The Balaban J connectivity index is 0.000000234. The van der Waals surface area contributed by atoms with Crippen LogP contribution in [0.3, 0.4) is 0 Å². The third-order valence-corrected chi connectivity index (χ3v) is 14.8. The topological polar surface area (TPSA) is 319 Å². The summed E-state index contributed by atoms with van der Waals surface area (Å²) in [4.78, 5) is 56.8. The van der Waals surface area contributed by atoms with E-state index in [-0.39, 0.29) is 29.4 Å². The van der Waals surface area contributed by atoms with Crippen LogP contribution in [0.25, 0.3) is 10.9 Å². The third kappa shape index (κ3) is 11.4. The van der Waals surface area contributed by atoms with Gasteiger partial charge in [0.05, 0.1) is 72.2 Å². The number of ether oxygens (including phenoxy) is 12. The SMILES string of the molecule is CC(=O)O[C@H]1[C@@H](O[C@]2(CO)O[C@H](CO)[C@@H](O)[C@@H]2OC(=O)C(C)C)O[C@H](CO)[C@@H](O)[C@@H]1O.COC(=O)[C@H]1[C@H]2C[C@@H]3c4[nH]c5cc(OC)ccc5c4CCN3C[C@H]2C[C@@H](OC(=O)c2cc(OC)c(OC)c(OC)c2)[C@@H]1OC. The maximum Gasteiger partial charge on any atom is 0.338 e. The van der Waals surface area contributed by atoms with E-state index in [4.69, 9.17) is 56.8 Å². The lowest BCUT2D eigenvalue weighted by Crippen LogP contribution is -2.64. The highest BCUT2D eigenvalue weighted by molar-refractivity contribution is 5.91. The summed E-state index contributed by atoms with van der Waals surface area (Å²) in [5.74, 6) is -4.10. The van der Waals surface area contributed by atoms with Crippen molar-refractivity contribution in [1.29, 1.82) is 0 Å². The molecule has 1 aliphatic carbocycles. The highest BCUT2D eigenvalue weighted by Crippen LogP contribution is 2.51. The molecule has 24 heteroatoms. The number of esters is 4. The molecule has 416 valence electrons. The maximum absolute atomic E-state index is 13.5. The molecule has 4 fully saturated rings. The number of rotatable bonds is 16. The van der Waals surface area contributed by atoms with E-state index >= 15 is 0 Å². The van der Waals surface area contributed by atoms with Crippen LogP contribution in [0.4, 0.5) is 0 Å². The number of aliphatic hydroxyl groups is 6. The predicted molar refractivity (Wildman–Crippen MR) is 258 cm³/mol. The molecule has 3 saturated heterocycles. The van der Waals surface area contributed by atoms with Gasteiger partial charge in [-0.1, -0.05) is 13.8 Å². The molecule has 0 unspecified atom stereocenters. The summed E-state index contributed by atoms with van der Waals surface area (Å²) in [5.41, 5.74) is 3.83. The van der Waals surface area contributed by atoms with Crippen molar-refractivity contribution in [2.24, 2.45) is 23.7 Å². The third-order valence-electron chi connectivity index (χ3n) is 14.8. The van der Waals surface area contributed by atoms with Gasteiger partial charge >= 0.3 is 23.9 Å². The Morgan fingerprint density at radius 2 is 1.52 bits per heavy atom. The summed E-state index contributed by atoms with van der Waals surface area (Å²) >= 11 is 0. The van der Waals surface area contributed by atoms with Gasteiger partial charge in [-0.2, -0.15) is 0 Å². The summed E-state index contributed by atoms with van der Waals surface area (Å²) in [7, 11) is 9.10. The molecule has 8 rings (SSSR count). The van der Waals surface area contributed by atoms with Gasteiger partial charge in [-0.3, -0.25) is 19.3 Å². The van der Waals surface area contributed by atoms with Crippen molar-refractivity contribution >= 4 is 34.8 Å². The highest BCUT2D eigenvalue weighted by atomic mass is 16.8. The number of piperidine rings is 1. The van der Waals surface area contributed by atoms with Crippen LogP contribution in [0.2, 0.25) is 0 Å². The molecule has 5 heterocycles. The number of nitrogens with zero attached hydrogens (tertiary/aromatic N) is 1. The smallest absolute Gasteiger partial charge is 0.338 e. The minimum Gasteiger partial charge on any atom is -0.497 e. The van der Waals surface area contributed by atoms with Gasteiger partial charge in [0.15, 0.2) is 23.7 Å². The first-order valence-electron chi connectivity index (χ1n) is 24.7. The van der Waals surface area contributed by atoms with Crippen molar-refractivity contribution in [3.8, 4) is 23.0 Å². The van der Waals surface area contributed by atoms with E-state index in [0.717, 1.165) is 44.1 Å². The highest BCUT2D eigenvalue weighted by Gasteiger charge is 2.62. The number of carbonyl (C=O) groups excluding carboxylic acids is 4. The minimum absolute atomic E-state index is 0.0170. The number of fused-ring (bicyclic) bond motifs is 6. The summed E-state index contributed by atoms with van der Waals surface area (Å²) in [5, 5.41) is 61.1. The molecule has 1 saturated carbocycles. The van der Waals surface area contributed by atoms with Crippen LogP contribution in [0.15, 0.2) is 30.3 Å². The van der Waals surface area contributed by atoms with Crippen LogP contribution in [-0.4, -0.2) is 207 Å². The molecule has 4 aliphatic heterocycles. The number of hydrogen-bond donors (Lipinski definition) is 7. The number of hydrogen-bond acceptors (Lipinski definition) is 23. The molecule has 0 spiro atoms. The van der Waals surface area contributed by atoms with E-state index < -0.39 is 117 Å². The van der Waals surface area contributed by atoms with E-state index in [1.165, 1.54) is 58.9 Å². The molecule has 1 aromatic heterocycles. The number of aromatic amines is 1. The molecule has 3 aromatic rings. The zero-order chi connectivity index (χ0) is 54.6. The van der Waals surface area contributed by atoms with Gasteiger partial charge in [0.2, 0.25) is 17.8 Å². The largest absolute Gasteiger partial charge is 0.497 e. The molecule has 75 heavy (non-hydrogen) atoms. The Kier molecular flexibility index (Phi) is 18.6. The quantitative estimate of drug-likeness (QED) is 0.0761. The fraction of sp³-hybridized carbons (Fsp3) is 0.647. The fourth-order valence-electron chi connectivity index (χ4n) is 11.1. The van der Waals surface area contributed by atoms with Crippen LogP contribution >= 0.6 is 0 Å². The number of methoxy groups -OCH3 is 6. The lowest BCUT2D eigenvalue weighted by atomic mass is 9.63. The molecule has 7 N–H and O–H groups in total. The van der Waals surface area contributed by atoms with Crippen LogP contribution in [-0.2, 0) is 58.7 Å². The molecule has 15 atom stereocenters. The van der Waals surface area contributed by atoms with Crippen molar-refractivity contribution in [2.75, 3.05) is 75.6 Å². The van der Waals surface area contributed by atoms with E-state index in [1.54, 1.807) is 26.4 Å². The standard InChI is InChI=1S/C33H40N2O9.C18H30O13/c1-38-19-7-8-20-21-9-10-35-16-18-13-27(44-32(36)17-11-25(39-2)30(41-4)26(12-17)40-3)31(42-5)28(33(37)43-6)22(18)15-24(35)29(21)34-23(20)14-19;1-7(2)16(26)29-15-12(24)10(5-20)30-18(15,6-21)31-17-14(27-8(3)22)13(25)11(23)9(4-19)28-17/h7-8,11-12,14,18,22,24,27-28,31,34H,9-10,13,15-16H2,1-6H3;7,9-15,17,19-21,23-25H,4-6H2,1-3H3/t18-,22+,24-,27-,28+,31+;9-,10-,11-,12-,13+,14-,15+,17-,18+/m11/s1. The Hall–Kier alpha value is -5.38. The molecule has 0 amide bonds. The average molecular weight is 1060 g/mol. The Morgan fingerprint density at radius 3 is 2.09 bits per heavy atom. The second kappa shape index (κ2) is 24.3. The Bertz CT molecular complexity index is 2460. The van der Waals surface area contributed by atoms with Gasteiger partial charge in [-0.25, -0.2) is 4.79 Å². The lowest BCUT2D eigenvalue weighted by Gasteiger charge is -2.52. The molecule has 0 radical (unpaired) electrons. The van der Waals surface area contributed by atoms with Crippen LogP contribution < -0.4 is 18.9 Å². The summed E-state index contributed by atoms with van der Waals surface area (Å²) in [6.07, 6.45) is -11.8. The predicted octanol–water partition coefficient (Wildman–Crippen LogP) is 0.553. The first-order valence-corrected chi connectivity index (χ1v) is 24.7. The van der Waals surface area contributed by atoms with Gasteiger partial charge in [0, 0.05) is 49.8 Å². The minimum atomic E-state index is -2.29. The summed E-state index contributed by atoms with van der Waals surface area (Å²) in [6.45, 7) is 3.29. The number of benzene rings is 2. The summed E-state index contributed by atoms with van der Waals surface area (Å²) in [6, 6.07) is 9.40. The fourth-order valence-corrected chi connectivity index (χ4v) is 11.1. The molecule has 24 nitrogen and oxygen atoms in total. The van der Waals surface area contributed by atoms with Crippen molar-refractivity contribution in [1.82, 2.24) is 9.88 Å². The normalized spacial score (nSPS) is 32.2. The first kappa shape index (κ1) is 57.3. The van der Waals surface area contributed by atoms with Crippen molar-refractivity contribution in [3.63, 3.8) is 0 Å².